The Morgan fingerprint density at radius 1 is 1.47 bits per heavy atom. The number of nitrogens with zero attached hydrogens (tertiary/aromatic N) is 4. The van der Waals surface area contributed by atoms with Crippen LogP contribution in [0.25, 0.3) is 5.69 Å². The topological polar surface area (TPSA) is 107 Å². The third-order valence-corrected chi connectivity index (χ3v) is 1.81. The van der Waals surface area contributed by atoms with Gasteiger partial charge >= 0.3 is 5.97 Å². The SMILES string of the molecule is Nc1nn(-c2ccnnc2)cc1C(=O)O. The third kappa shape index (κ3) is 1.62. The summed E-state index contributed by atoms with van der Waals surface area (Å²) in [6.07, 6.45) is 4.26. The predicted octanol–water partition coefficient (Wildman–Crippen LogP) is -0.0573. The highest BCUT2D eigenvalue weighted by atomic mass is 16.4. The van der Waals surface area contributed by atoms with E-state index in [0.717, 1.165) is 0 Å². The number of nitrogens with two attached hydrogens (primary N) is 1. The molecule has 0 saturated heterocycles. The third-order valence-electron chi connectivity index (χ3n) is 1.81. The fourth-order valence-electron chi connectivity index (χ4n) is 1.10. The molecule has 0 aliphatic carbocycles. The van der Waals surface area contributed by atoms with Crippen LogP contribution in [0.3, 0.4) is 0 Å². The molecule has 0 aromatic carbocycles. The fourth-order valence-corrected chi connectivity index (χ4v) is 1.10. The number of nitrogen functional groups attached to an aromatic ring is 1. The monoisotopic (exact) mass is 205 g/mol. The fraction of sp³-hybridized carbons (Fsp3) is 0. The van der Waals surface area contributed by atoms with Crippen LogP contribution in [0.15, 0.2) is 24.7 Å². The van der Waals surface area contributed by atoms with E-state index in [2.05, 4.69) is 15.3 Å². The van der Waals surface area contributed by atoms with Crippen molar-refractivity contribution in [1.29, 1.82) is 0 Å². The Morgan fingerprint density at radius 3 is 2.80 bits per heavy atom. The summed E-state index contributed by atoms with van der Waals surface area (Å²) < 4.78 is 1.34. The number of carboxylic acid groups (broad SMARTS) is 1. The standard InChI is InChI=1S/C8H7N5O2/c9-7-6(8(14)15)4-13(12-7)5-1-2-10-11-3-5/h1-4H,(H2,9,12)(H,14,15). The molecule has 7 nitrogen and oxygen atoms in total. The maximum Gasteiger partial charge on any atom is 0.341 e. The maximum absolute atomic E-state index is 10.7. The van der Waals surface area contributed by atoms with Crippen LogP contribution in [0.2, 0.25) is 0 Å². The van der Waals surface area contributed by atoms with Crippen LogP contribution in [0.1, 0.15) is 10.4 Å². The van der Waals surface area contributed by atoms with Gasteiger partial charge < -0.3 is 10.8 Å². The van der Waals surface area contributed by atoms with Gasteiger partial charge in [-0.1, -0.05) is 0 Å². The Labute approximate surface area is 84.2 Å². The summed E-state index contributed by atoms with van der Waals surface area (Å²) in [6, 6.07) is 1.64. The molecule has 0 spiro atoms. The number of hydrogen-bond acceptors (Lipinski definition) is 5. The van der Waals surface area contributed by atoms with Gasteiger partial charge in [0.2, 0.25) is 0 Å². The molecule has 0 aliphatic heterocycles. The zero-order chi connectivity index (χ0) is 10.8. The molecular formula is C8H7N5O2. The summed E-state index contributed by atoms with van der Waals surface area (Å²) >= 11 is 0. The molecule has 0 bridgehead atoms. The molecule has 2 rings (SSSR count). The molecule has 0 aliphatic rings. The number of carbonyl (C=O) groups is 1. The first-order valence-corrected chi connectivity index (χ1v) is 4.04. The van der Waals surface area contributed by atoms with Gasteiger partial charge in [0.1, 0.15) is 5.56 Å². The summed E-state index contributed by atoms with van der Waals surface area (Å²) in [5.74, 6) is -1.14. The average molecular weight is 205 g/mol. The van der Waals surface area contributed by atoms with Crippen LogP contribution in [-0.2, 0) is 0 Å². The number of aromatic nitrogens is 4. The van der Waals surface area contributed by atoms with Crippen molar-refractivity contribution in [2.45, 2.75) is 0 Å². The number of rotatable bonds is 2. The van der Waals surface area contributed by atoms with Crippen molar-refractivity contribution in [3.63, 3.8) is 0 Å². The summed E-state index contributed by atoms with van der Waals surface area (Å²) in [4.78, 5) is 10.7. The second-order valence-corrected chi connectivity index (χ2v) is 2.78. The maximum atomic E-state index is 10.7. The van der Waals surface area contributed by atoms with Crippen LogP contribution < -0.4 is 5.73 Å². The van der Waals surface area contributed by atoms with E-state index in [9.17, 15) is 4.79 Å². The van der Waals surface area contributed by atoms with Gasteiger partial charge in [-0.3, -0.25) is 0 Å². The van der Waals surface area contributed by atoms with E-state index in [1.807, 2.05) is 0 Å². The largest absolute Gasteiger partial charge is 0.477 e. The lowest BCUT2D eigenvalue weighted by molar-refractivity contribution is 0.0698. The van der Waals surface area contributed by atoms with E-state index in [4.69, 9.17) is 10.8 Å². The van der Waals surface area contributed by atoms with Gasteiger partial charge in [-0.15, -0.1) is 5.10 Å². The van der Waals surface area contributed by atoms with E-state index in [1.54, 1.807) is 6.07 Å². The van der Waals surface area contributed by atoms with E-state index in [-0.39, 0.29) is 11.4 Å². The van der Waals surface area contributed by atoms with Gasteiger partial charge in [-0.25, -0.2) is 9.48 Å². The molecule has 2 aromatic rings. The van der Waals surface area contributed by atoms with Crippen LogP contribution in [-0.4, -0.2) is 31.1 Å². The second-order valence-electron chi connectivity index (χ2n) is 2.78. The van der Waals surface area contributed by atoms with Gasteiger partial charge in [-0.05, 0) is 6.07 Å². The smallest absolute Gasteiger partial charge is 0.341 e. The highest BCUT2D eigenvalue weighted by Gasteiger charge is 2.13. The number of aromatic carboxylic acids is 1. The Hall–Kier alpha value is -2.44. The molecule has 7 heteroatoms. The van der Waals surface area contributed by atoms with Crippen molar-refractivity contribution in [2.24, 2.45) is 0 Å². The summed E-state index contributed by atoms with van der Waals surface area (Å²) in [6.45, 7) is 0. The average Bonchev–Trinajstić information content (AvgIpc) is 2.62. The van der Waals surface area contributed by atoms with Gasteiger partial charge in [0.05, 0.1) is 18.1 Å². The molecule has 15 heavy (non-hydrogen) atoms. The van der Waals surface area contributed by atoms with Crippen molar-refractivity contribution < 1.29 is 9.90 Å². The lowest BCUT2D eigenvalue weighted by atomic mass is 10.3. The zero-order valence-corrected chi connectivity index (χ0v) is 7.53. The molecule has 0 atom stereocenters. The number of anilines is 1. The normalized spacial score (nSPS) is 10.1. The van der Waals surface area contributed by atoms with E-state index in [1.165, 1.54) is 23.3 Å². The van der Waals surface area contributed by atoms with E-state index >= 15 is 0 Å². The molecular weight excluding hydrogens is 198 g/mol. The highest BCUT2D eigenvalue weighted by Crippen LogP contribution is 2.12. The Balaban J connectivity index is 2.48. The summed E-state index contributed by atoms with van der Waals surface area (Å²) in [7, 11) is 0. The van der Waals surface area contributed by atoms with Crippen LogP contribution in [0, 0.1) is 0 Å². The van der Waals surface area contributed by atoms with Crippen molar-refractivity contribution in [3.8, 4) is 5.69 Å². The minimum Gasteiger partial charge on any atom is -0.477 e. The molecule has 2 aromatic heterocycles. The zero-order valence-electron chi connectivity index (χ0n) is 7.53. The second kappa shape index (κ2) is 3.37. The first-order valence-electron chi connectivity index (χ1n) is 4.04. The summed E-state index contributed by atoms with van der Waals surface area (Å²) in [5, 5.41) is 19.9. The van der Waals surface area contributed by atoms with Crippen molar-refractivity contribution in [2.75, 3.05) is 5.73 Å². The van der Waals surface area contributed by atoms with Crippen LogP contribution in [0.4, 0.5) is 5.82 Å². The first-order chi connectivity index (χ1) is 7.18. The quantitative estimate of drug-likeness (QED) is 0.711. The highest BCUT2D eigenvalue weighted by molar-refractivity contribution is 5.92. The Bertz CT molecular complexity index is 493. The first kappa shape index (κ1) is 9.13. The van der Waals surface area contributed by atoms with Gasteiger partial charge in [0.25, 0.3) is 0 Å². The van der Waals surface area contributed by atoms with Gasteiger partial charge in [-0.2, -0.15) is 10.2 Å². The predicted molar refractivity (Wildman–Crippen MR) is 50.5 cm³/mol. The molecule has 0 fully saturated rings. The van der Waals surface area contributed by atoms with Crippen LogP contribution >= 0.6 is 0 Å². The molecule has 0 unspecified atom stereocenters. The van der Waals surface area contributed by atoms with Gasteiger partial charge in [0.15, 0.2) is 5.82 Å². The number of hydrogen-bond donors (Lipinski definition) is 2. The molecule has 0 saturated carbocycles. The molecule has 76 valence electrons. The van der Waals surface area contributed by atoms with E-state index < -0.39 is 5.97 Å². The Morgan fingerprint density at radius 2 is 2.27 bits per heavy atom. The van der Waals surface area contributed by atoms with Gasteiger partial charge in [0, 0.05) is 6.20 Å². The van der Waals surface area contributed by atoms with Crippen molar-refractivity contribution in [3.05, 3.63) is 30.2 Å². The van der Waals surface area contributed by atoms with Crippen LogP contribution in [0.5, 0.6) is 0 Å². The Kier molecular flexibility index (Phi) is 2.05. The lowest BCUT2D eigenvalue weighted by Crippen LogP contribution is -1.98. The molecule has 0 radical (unpaired) electrons. The minimum absolute atomic E-state index is 0.0284. The number of carboxylic acids is 1. The van der Waals surface area contributed by atoms with E-state index in [0.29, 0.717) is 5.69 Å². The molecule has 0 amide bonds. The van der Waals surface area contributed by atoms with Crippen molar-refractivity contribution >= 4 is 11.8 Å². The minimum atomic E-state index is -1.11. The molecule has 2 heterocycles. The lowest BCUT2D eigenvalue weighted by Gasteiger charge is -1.96. The summed E-state index contributed by atoms with van der Waals surface area (Å²) in [5.41, 5.74) is 6.00. The molecule has 3 N–H and O–H groups in total. The van der Waals surface area contributed by atoms with Crippen molar-refractivity contribution in [1.82, 2.24) is 20.0 Å².